The molecule has 0 radical (unpaired) electrons. The van der Waals surface area contributed by atoms with E-state index in [-0.39, 0.29) is 151 Å². The maximum atomic E-state index is 12.7. The first-order valence-corrected chi connectivity index (χ1v) is 43.2. The molecule has 13 nitrogen and oxygen atoms in total. The van der Waals surface area contributed by atoms with Crippen molar-refractivity contribution in [1.29, 1.82) is 0 Å². The molecule has 2 unspecified atom stereocenters. The molecule has 0 aromatic rings. The molecule has 19 heteroatoms. The average Bonchev–Trinajstić information content (AvgIpc) is 1.23. The Balaban J connectivity index is 0.000000739. The molecule has 566 valence electrons. The van der Waals surface area contributed by atoms with Gasteiger partial charge in [-0.1, -0.05) is 164 Å². The molecule has 96 heavy (non-hydrogen) atoms. The van der Waals surface area contributed by atoms with Crippen LogP contribution in [0.25, 0.3) is 22.9 Å². The van der Waals surface area contributed by atoms with Gasteiger partial charge in [0.2, 0.25) is 0 Å². The van der Waals surface area contributed by atoms with Gasteiger partial charge in [-0.05, 0) is 128 Å². The van der Waals surface area contributed by atoms with Gasteiger partial charge in [0.1, 0.15) is 0 Å². The second-order valence-corrected chi connectivity index (χ2v) is 41.9. The third-order valence-corrected chi connectivity index (χ3v) is 32.1. The topological polar surface area (TPSA) is 264 Å². The van der Waals surface area contributed by atoms with Gasteiger partial charge < -0.3 is 50.8 Å². The number of carboxylic acids is 1. The third kappa shape index (κ3) is 25.6. The summed E-state index contributed by atoms with van der Waals surface area (Å²) in [6.45, 7) is 26.1. The number of nitrogens with one attached hydrogen (secondary N) is 4. The summed E-state index contributed by atoms with van der Waals surface area (Å²) in [5.41, 5.74) is 34.2. The first-order chi connectivity index (χ1) is 42.6. The summed E-state index contributed by atoms with van der Waals surface area (Å²) in [7, 11) is -3.13. The molecule has 8 fully saturated rings. The van der Waals surface area contributed by atoms with Crippen molar-refractivity contribution in [1.82, 2.24) is 0 Å². The van der Waals surface area contributed by atoms with E-state index >= 15 is 0 Å². The first-order valence-electron chi connectivity index (χ1n) is 37.2. The van der Waals surface area contributed by atoms with Crippen LogP contribution in [0.2, 0.25) is 0 Å². The maximum absolute atomic E-state index is 12.7. The summed E-state index contributed by atoms with van der Waals surface area (Å²) in [5.74, 6) is 11.2. The van der Waals surface area contributed by atoms with Crippen molar-refractivity contribution >= 4 is 30.2 Å². The fourth-order valence-electron chi connectivity index (χ4n) is 21.1. The molecule has 0 aliphatic heterocycles. The van der Waals surface area contributed by atoms with Crippen molar-refractivity contribution in [3.05, 3.63) is 53.7 Å². The Morgan fingerprint density at radius 2 is 1.02 bits per heavy atom. The number of ether oxygens (including phenoxy) is 2. The zero-order valence-electron chi connectivity index (χ0n) is 62.1. The Morgan fingerprint density at radius 1 is 0.625 bits per heavy atom. The minimum atomic E-state index is -2.16. The number of hydrogen-bond donors (Lipinski definition) is 1. The number of carboxylic acid groups (broad SMARTS) is 1. The second-order valence-electron chi connectivity index (χ2n) is 33.0. The summed E-state index contributed by atoms with van der Waals surface area (Å²) in [4.78, 5) is 21.2. The van der Waals surface area contributed by atoms with Gasteiger partial charge >= 0.3 is 224 Å². The number of carbonyl (C=O) groups excluding carboxylic acids is 1. The van der Waals surface area contributed by atoms with Crippen LogP contribution in [0.3, 0.4) is 0 Å². The number of halogens is 1. The van der Waals surface area contributed by atoms with Crippen LogP contribution in [0.1, 0.15) is 275 Å². The van der Waals surface area contributed by atoms with E-state index in [0.29, 0.717) is 52.1 Å². The predicted molar refractivity (Wildman–Crippen MR) is 388 cm³/mol. The molecule has 10 aliphatic rings. The molecule has 10 aliphatic carbocycles. The molecular weight excluding hydrogens is 1640 g/mol. The van der Waals surface area contributed by atoms with Gasteiger partial charge in [0.05, 0.1) is 12.7 Å². The second kappa shape index (κ2) is 44.6. The average molecular weight is 1780 g/mol. The van der Waals surface area contributed by atoms with Crippen LogP contribution in [-0.2, 0) is 76.0 Å². The molecule has 0 amide bonds. The standard InChI is InChI=1S/C32H54O4S.C32H53O3S.2C6H12N2.CH3.FH.K.2H2O.2Pt/c1-22(2)7-6-8-23(3)27-11-12-28-26-10-9-24-21-25(36-18-20-37(35)19-15-30(33)34)13-16-31(24,4)29(26)14-17-32(27,28)5;1-23(2)8-6-9-24(3)28-12-13-29-27-11-10-25-22-26(35-19-21-36(34)20-7-18-33)14-16-31(25,4)30(27)15-17-32(28,29)5;2*7-5-3-1-2-4-6(5)8;;;;;;;/h9,22-23,25-29H,6-8,10-21H2,1-5H3,(H,33,34);10,23-24,26-30H,6-9,11-17,19-22H2,1-5H3;2*5-8H,1-4H2;1H3;1H;;2*1H2;;/q;-1;2*-2;-1;;+1;;;;/p-1/t23-,25+,26+,27-,28+,29+,31+,32-,37?;24-,26+,27+,28-,29+,30+,31+,32-,36?;2*5-,6-;;;;;;;/m1111......./s1. The van der Waals surface area contributed by atoms with E-state index in [1.165, 1.54) is 141 Å². The van der Waals surface area contributed by atoms with Crippen LogP contribution < -0.4 is 51.4 Å². The van der Waals surface area contributed by atoms with Crippen LogP contribution in [0, 0.1) is 100 Å². The predicted octanol–water partition coefficient (Wildman–Crippen LogP) is 16.7. The van der Waals surface area contributed by atoms with Crippen LogP contribution in [-0.4, -0.2) is 109 Å². The molecule has 0 bridgehead atoms. The smallest absolute Gasteiger partial charge is 0.870 e. The minimum Gasteiger partial charge on any atom is -0.870 e. The summed E-state index contributed by atoms with van der Waals surface area (Å²) in [5, 5.41) is 8.91. The van der Waals surface area contributed by atoms with Crippen molar-refractivity contribution in [3.63, 3.8) is 0 Å². The summed E-state index contributed by atoms with van der Waals surface area (Å²) < 4.78 is 37.1. The number of rotatable bonds is 24. The molecule has 0 aromatic carbocycles. The summed E-state index contributed by atoms with van der Waals surface area (Å²) in [6, 6.07) is -0.319. The SMILES string of the molecule is CC(C)CCC[C@@H](C)[C@H]1CC[C@H]2[C@@H]3CC=C4C[C@@H](OCCS(=O)CC[C-]=O)CC[C@]4(C)[C@H]3CC[C@]12C.CC(C)CCC[C@@H](C)[C@H]1CC[C@H]2[C@@H]3CC=C4C[C@@H](OCC[S](=O)(=[Pt])CCC(=O)O)CC[C@]4(C)[C@H]3CC[C@]12C.F.O.[CH3-].[K+].[NH-][C@@H]1CCCC[C@H]1[NH-].[NH-][C@@H]1CCCC[C@H]1[NH-].[OH-].[Pt]. The van der Waals surface area contributed by atoms with Gasteiger partial charge in [-0.3, -0.25) is 15.2 Å². The van der Waals surface area contributed by atoms with Gasteiger partial charge in [-0.2, -0.15) is 24.2 Å². The quantitative estimate of drug-likeness (QED) is 0.0550. The van der Waals surface area contributed by atoms with Gasteiger partial charge in [-0.25, -0.2) is 0 Å². The molecule has 0 aromatic heterocycles. The van der Waals surface area contributed by atoms with Crippen molar-refractivity contribution in [2.24, 2.45) is 92.7 Å². The molecule has 0 saturated heterocycles. The van der Waals surface area contributed by atoms with Crippen molar-refractivity contribution < 1.29 is 139 Å². The number of allylic oxidation sites excluding steroid dienone is 2. The van der Waals surface area contributed by atoms with Gasteiger partial charge in [-0.15, -0.1) is 6.42 Å². The van der Waals surface area contributed by atoms with E-state index in [2.05, 4.69) is 81.4 Å². The number of carbonyl (C=O) groups is 1. The molecule has 0 spiro atoms. The molecular formula is C77H138FKN4O9Pt2S2-6. The molecule has 22 atom stereocenters. The Kier molecular flexibility index (Phi) is 44.4. The Morgan fingerprint density at radius 3 is 1.39 bits per heavy atom. The zero-order chi connectivity index (χ0) is 65.6. The Labute approximate surface area is 655 Å². The number of fused-ring (bicyclic) bond motifs is 10. The molecule has 8 saturated carbocycles. The summed E-state index contributed by atoms with van der Waals surface area (Å²) >= 11 is 1.94. The van der Waals surface area contributed by atoms with Gasteiger partial charge in [0, 0.05) is 37.6 Å². The summed E-state index contributed by atoms with van der Waals surface area (Å²) in [6.07, 6.45) is 45.5. The van der Waals surface area contributed by atoms with Crippen LogP contribution in [0.15, 0.2) is 23.3 Å². The van der Waals surface area contributed by atoms with Crippen molar-refractivity contribution in [2.45, 2.75) is 311 Å². The van der Waals surface area contributed by atoms with Gasteiger partial charge in [0.15, 0.2) is 0 Å². The van der Waals surface area contributed by atoms with E-state index in [9.17, 15) is 18.0 Å². The monoisotopic (exact) mass is 1770 g/mol. The van der Waals surface area contributed by atoms with E-state index < -0.39 is 23.9 Å². The first kappa shape index (κ1) is 95.6. The van der Waals surface area contributed by atoms with Crippen molar-refractivity contribution in [3.8, 4) is 0 Å². The van der Waals surface area contributed by atoms with Crippen LogP contribution in [0.5, 0.6) is 0 Å². The molecule has 8 N–H and O–H groups in total. The normalized spacial score (nSPS) is 36.9. The third-order valence-electron chi connectivity index (χ3n) is 26.5. The zero-order valence-corrected chi connectivity index (χ0v) is 71.4. The fourth-order valence-corrected chi connectivity index (χ4v) is 24.2. The Bertz CT molecular complexity index is 2430. The van der Waals surface area contributed by atoms with E-state index in [1.54, 1.807) is 11.1 Å². The van der Waals surface area contributed by atoms with Crippen LogP contribution >= 0.6 is 0 Å². The number of hydrogen-bond acceptors (Lipinski definition) is 7. The van der Waals surface area contributed by atoms with E-state index in [1.807, 2.05) is 24.3 Å². The van der Waals surface area contributed by atoms with E-state index in [4.69, 9.17) is 37.5 Å². The molecule has 10 rings (SSSR count). The number of aliphatic carboxylic acids is 1. The Hall–Kier alpha value is 1.54. The van der Waals surface area contributed by atoms with Crippen LogP contribution in [0.4, 0.5) is 4.70 Å². The molecule has 0 heterocycles. The van der Waals surface area contributed by atoms with E-state index in [0.717, 1.165) is 122 Å². The fraction of sp³-hybridized carbons (Fsp3) is 0.909. The van der Waals surface area contributed by atoms with Crippen molar-refractivity contribution in [2.75, 3.05) is 36.2 Å². The minimum absolute atomic E-state index is 0. The van der Waals surface area contributed by atoms with Gasteiger partial charge in [0.25, 0.3) is 0 Å².